The first-order valence-corrected chi connectivity index (χ1v) is 10.9. The van der Waals surface area contributed by atoms with Gasteiger partial charge in [-0.15, -0.1) is 0 Å². The minimum Gasteiger partial charge on any atom is -0.501 e. The number of alkyl carbamates (subject to hydrolysis) is 1. The van der Waals surface area contributed by atoms with E-state index in [1.165, 1.54) is 4.90 Å². The number of aromatic hydroxyl groups is 1. The molecule has 0 unspecified atom stereocenters. The zero-order chi connectivity index (χ0) is 25.8. The van der Waals surface area contributed by atoms with Crippen molar-refractivity contribution in [1.29, 1.82) is 0 Å². The van der Waals surface area contributed by atoms with Crippen LogP contribution in [-0.4, -0.2) is 63.4 Å². The second-order valence-corrected chi connectivity index (χ2v) is 8.93. The number of H-pyrrole nitrogens is 1. The Morgan fingerprint density at radius 1 is 1.23 bits per heavy atom. The van der Waals surface area contributed by atoms with Gasteiger partial charge in [0.2, 0.25) is 5.75 Å². The predicted octanol–water partition coefficient (Wildman–Crippen LogP) is 2.24. The summed E-state index contributed by atoms with van der Waals surface area (Å²) in [6.45, 7) is 5.18. The second-order valence-electron chi connectivity index (χ2n) is 8.93. The van der Waals surface area contributed by atoms with E-state index >= 15 is 0 Å². The molecule has 2 atom stereocenters. The minimum atomic E-state index is -1.02. The van der Waals surface area contributed by atoms with Gasteiger partial charge < -0.3 is 29.6 Å². The topological polar surface area (TPSA) is 160 Å². The molecule has 188 valence electrons. The number of nitrogens with zero attached hydrogens (tertiary/aromatic N) is 2. The first-order chi connectivity index (χ1) is 16.5. The van der Waals surface area contributed by atoms with E-state index in [1.807, 2.05) is 18.2 Å². The average Bonchev–Trinajstić information content (AvgIpc) is 3.21. The highest BCUT2D eigenvalue weighted by molar-refractivity contribution is 5.89. The number of ether oxygens (including phenoxy) is 3. The van der Waals surface area contributed by atoms with E-state index < -0.39 is 52.8 Å². The monoisotopic (exact) mass is 488 g/mol. The summed E-state index contributed by atoms with van der Waals surface area (Å²) in [5.41, 5.74) is -1.52. The van der Waals surface area contributed by atoms with Gasteiger partial charge in [-0.3, -0.25) is 9.69 Å². The van der Waals surface area contributed by atoms with Crippen LogP contribution in [0, 0.1) is 0 Å². The summed E-state index contributed by atoms with van der Waals surface area (Å²) in [4.78, 5) is 57.2. The molecule has 2 aromatic rings. The fourth-order valence-corrected chi connectivity index (χ4v) is 3.56. The van der Waals surface area contributed by atoms with E-state index in [2.05, 4.69) is 20.0 Å². The normalized spacial score (nSPS) is 17.5. The highest BCUT2D eigenvalue weighted by Crippen LogP contribution is 2.31. The third-order valence-corrected chi connectivity index (χ3v) is 5.07. The standard InChI is InChI=1S/C23H28N4O8/c1-23(2,3)35-21(31)24-14-10-15(18-25-16(20(30)33-4)17(28)19(29)26-18)27(11-14)22(32)34-12-13-8-6-5-7-9-13/h5-9,14-15,28H,10-12H2,1-4H3,(H,24,31)(H,25,26,29)/t14-,15-/m0/s1. The number of benzene rings is 1. The lowest BCUT2D eigenvalue weighted by Gasteiger charge is -2.23. The van der Waals surface area contributed by atoms with Crippen LogP contribution in [-0.2, 0) is 20.8 Å². The van der Waals surface area contributed by atoms with E-state index in [1.54, 1.807) is 32.9 Å². The van der Waals surface area contributed by atoms with Crippen LogP contribution in [0.15, 0.2) is 35.1 Å². The van der Waals surface area contributed by atoms with Crippen LogP contribution in [0.5, 0.6) is 5.75 Å². The molecule has 35 heavy (non-hydrogen) atoms. The second kappa shape index (κ2) is 10.5. The van der Waals surface area contributed by atoms with E-state index in [4.69, 9.17) is 9.47 Å². The van der Waals surface area contributed by atoms with Gasteiger partial charge in [0, 0.05) is 6.54 Å². The predicted molar refractivity (Wildman–Crippen MR) is 122 cm³/mol. The van der Waals surface area contributed by atoms with Crippen molar-refractivity contribution in [2.24, 2.45) is 0 Å². The van der Waals surface area contributed by atoms with Gasteiger partial charge in [-0.25, -0.2) is 19.4 Å². The quantitative estimate of drug-likeness (QED) is 0.423. The number of aromatic amines is 1. The third-order valence-electron chi connectivity index (χ3n) is 5.07. The number of likely N-dealkylation sites (tertiary alicyclic amines) is 1. The van der Waals surface area contributed by atoms with Crippen LogP contribution in [0.2, 0.25) is 0 Å². The molecule has 12 heteroatoms. The number of methoxy groups -OCH3 is 1. The maximum atomic E-state index is 13.0. The Labute approximate surface area is 201 Å². The minimum absolute atomic E-state index is 0.00000868. The lowest BCUT2D eigenvalue weighted by Crippen LogP contribution is -2.41. The summed E-state index contributed by atoms with van der Waals surface area (Å²) in [5, 5.41) is 12.6. The molecule has 0 bridgehead atoms. The lowest BCUT2D eigenvalue weighted by molar-refractivity contribution is 0.0501. The van der Waals surface area contributed by atoms with Crippen molar-refractivity contribution >= 4 is 18.2 Å². The molecule has 2 heterocycles. The van der Waals surface area contributed by atoms with Crippen LogP contribution in [0.3, 0.4) is 0 Å². The van der Waals surface area contributed by atoms with Gasteiger partial charge in [-0.2, -0.15) is 0 Å². The summed E-state index contributed by atoms with van der Waals surface area (Å²) in [5.74, 6) is -1.99. The van der Waals surface area contributed by atoms with Gasteiger partial charge in [0.15, 0.2) is 5.69 Å². The highest BCUT2D eigenvalue weighted by Gasteiger charge is 2.40. The molecule has 3 rings (SSSR count). The van der Waals surface area contributed by atoms with Gasteiger partial charge in [-0.05, 0) is 32.8 Å². The Morgan fingerprint density at radius 2 is 1.91 bits per heavy atom. The molecule has 0 aliphatic carbocycles. The molecule has 12 nitrogen and oxygen atoms in total. The van der Waals surface area contributed by atoms with E-state index in [9.17, 15) is 24.3 Å². The zero-order valence-electron chi connectivity index (χ0n) is 19.9. The smallest absolute Gasteiger partial charge is 0.410 e. The molecule has 3 N–H and O–H groups in total. The fraction of sp³-hybridized carbons (Fsp3) is 0.435. The Morgan fingerprint density at radius 3 is 2.54 bits per heavy atom. The van der Waals surface area contributed by atoms with Crippen LogP contribution in [0.4, 0.5) is 9.59 Å². The molecule has 1 aromatic heterocycles. The number of carbonyl (C=O) groups is 3. The Balaban J connectivity index is 1.87. The molecule has 0 spiro atoms. The summed E-state index contributed by atoms with van der Waals surface area (Å²) in [7, 11) is 1.08. The molecule has 2 amide bonds. The van der Waals surface area contributed by atoms with Crippen molar-refractivity contribution in [2.45, 2.75) is 51.5 Å². The van der Waals surface area contributed by atoms with Crippen molar-refractivity contribution < 1.29 is 33.7 Å². The molecule has 1 fully saturated rings. The summed E-state index contributed by atoms with van der Waals surface area (Å²) >= 11 is 0. The number of nitrogens with one attached hydrogen (secondary N) is 2. The SMILES string of the molecule is COC(=O)c1nc([C@@H]2C[C@H](NC(=O)OC(C)(C)C)CN2C(=O)OCc2ccccc2)[nH]c(=O)c1O. The van der Waals surface area contributed by atoms with Crippen molar-refractivity contribution in [3.63, 3.8) is 0 Å². The molecule has 0 radical (unpaired) electrons. The summed E-state index contributed by atoms with van der Waals surface area (Å²) in [6, 6.07) is 7.59. The Hall–Kier alpha value is -4.09. The zero-order valence-corrected chi connectivity index (χ0v) is 19.9. The largest absolute Gasteiger partial charge is 0.501 e. The first kappa shape index (κ1) is 25.5. The summed E-state index contributed by atoms with van der Waals surface area (Å²) < 4.78 is 15.3. The molecular formula is C23H28N4O8. The maximum Gasteiger partial charge on any atom is 0.410 e. The van der Waals surface area contributed by atoms with Gasteiger partial charge in [0.1, 0.15) is 18.0 Å². The van der Waals surface area contributed by atoms with Crippen molar-refractivity contribution in [2.75, 3.05) is 13.7 Å². The van der Waals surface area contributed by atoms with E-state index in [0.29, 0.717) is 0 Å². The van der Waals surface area contributed by atoms with Crippen molar-refractivity contribution in [1.82, 2.24) is 20.2 Å². The number of rotatable bonds is 5. The van der Waals surface area contributed by atoms with Gasteiger partial charge >= 0.3 is 18.2 Å². The van der Waals surface area contributed by atoms with Gasteiger partial charge in [0.25, 0.3) is 5.56 Å². The van der Waals surface area contributed by atoms with E-state index in [0.717, 1.165) is 12.7 Å². The van der Waals surface area contributed by atoms with E-state index in [-0.39, 0.29) is 25.4 Å². The highest BCUT2D eigenvalue weighted by atomic mass is 16.6. The van der Waals surface area contributed by atoms with Crippen LogP contribution in [0.1, 0.15) is 55.1 Å². The molecular weight excluding hydrogens is 460 g/mol. The third kappa shape index (κ3) is 6.49. The van der Waals surface area contributed by atoms with Crippen LogP contribution in [0.25, 0.3) is 0 Å². The number of esters is 1. The maximum absolute atomic E-state index is 13.0. The van der Waals surface area contributed by atoms with Gasteiger partial charge in [-0.1, -0.05) is 30.3 Å². The number of carbonyl (C=O) groups excluding carboxylic acids is 3. The number of aromatic nitrogens is 2. The van der Waals surface area contributed by atoms with Crippen LogP contribution < -0.4 is 10.9 Å². The molecule has 1 aliphatic heterocycles. The van der Waals surface area contributed by atoms with Crippen molar-refractivity contribution in [3.8, 4) is 5.75 Å². The molecule has 0 saturated carbocycles. The Bertz CT molecular complexity index is 1140. The fourth-order valence-electron chi connectivity index (χ4n) is 3.56. The Kier molecular flexibility index (Phi) is 7.62. The average molecular weight is 488 g/mol. The molecule has 1 aliphatic rings. The lowest BCUT2D eigenvalue weighted by atomic mass is 10.1. The van der Waals surface area contributed by atoms with Crippen LogP contribution >= 0.6 is 0 Å². The van der Waals surface area contributed by atoms with Crippen molar-refractivity contribution in [3.05, 3.63) is 57.8 Å². The number of hydrogen-bond donors (Lipinski definition) is 3. The number of hydrogen-bond acceptors (Lipinski definition) is 9. The summed E-state index contributed by atoms with van der Waals surface area (Å²) in [6.07, 6.45) is -1.26. The molecule has 1 saturated heterocycles. The molecule has 1 aromatic carbocycles. The number of amides is 2. The first-order valence-electron chi connectivity index (χ1n) is 10.9. The van der Waals surface area contributed by atoms with Gasteiger partial charge in [0.05, 0.1) is 19.2 Å².